The SMILES string of the molecule is CCC[C@@H](C(=O)C(=O)NC1CC1)C1C2CC[C@H]3CN(C(=O)[C@@H](NC(=O)[C@H](CC4CCCCC4)NC(=O)c4cnccn4)C(C)(C)C)[C@@H]4C(=O)CC1C2[C@@H]34. The number of carbonyl (C=O) groups is 6. The van der Waals surface area contributed by atoms with Crippen LogP contribution in [0.3, 0.4) is 0 Å². The number of hydrogen-bond donors (Lipinski definition) is 3. The normalized spacial score (nSPS) is 31.0. The zero-order valence-corrected chi connectivity index (χ0v) is 31.9. The third-order valence-corrected chi connectivity index (χ3v) is 13.7. The number of likely N-dealkylation sites (tertiary alicyclic amines) is 1. The fraction of sp³-hybridized carbons (Fsp3) is 0.756. The summed E-state index contributed by atoms with van der Waals surface area (Å²) in [5, 5.41) is 8.88. The summed E-state index contributed by atoms with van der Waals surface area (Å²) in [4.78, 5) is 92.8. The van der Waals surface area contributed by atoms with Crippen molar-refractivity contribution in [3.8, 4) is 0 Å². The summed E-state index contributed by atoms with van der Waals surface area (Å²) in [5.41, 5.74) is -0.557. The Hall–Kier alpha value is -3.70. The van der Waals surface area contributed by atoms with Gasteiger partial charge in [0.25, 0.3) is 11.8 Å². The number of hydrogen-bond acceptors (Lipinski definition) is 8. The van der Waals surface area contributed by atoms with Gasteiger partial charge in [0, 0.05) is 37.3 Å². The van der Waals surface area contributed by atoms with Gasteiger partial charge < -0.3 is 20.9 Å². The summed E-state index contributed by atoms with van der Waals surface area (Å²) in [6.07, 6.45) is 15.4. The van der Waals surface area contributed by atoms with Gasteiger partial charge >= 0.3 is 0 Å². The van der Waals surface area contributed by atoms with Crippen molar-refractivity contribution in [3.05, 3.63) is 24.3 Å². The van der Waals surface area contributed by atoms with Crippen molar-refractivity contribution < 1.29 is 28.8 Å². The maximum absolute atomic E-state index is 14.7. The molecule has 5 aliphatic carbocycles. The van der Waals surface area contributed by atoms with Crippen LogP contribution >= 0.6 is 0 Å². The zero-order chi connectivity index (χ0) is 37.6. The van der Waals surface area contributed by atoms with Crippen LogP contribution in [0.15, 0.2) is 18.6 Å². The summed E-state index contributed by atoms with van der Waals surface area (Å²) in [7, 11) is 0. The Kier molecular flexibility index (Phi) is 10.8. The van der Waals surface area contributed by atoms with E-state index >= 15 is 0 Å². The van der Waals surface area contributed by atoms with Gasteiger partial charge in [0.1, 0.15) is 17.8 Å². The molecule has 12 nitrogen and oxygen atoms in total. The van der Waals surface area contributed by atoms with E-state index in [2.05, 4.69) is 25.9 Å². The van der Waals surface area contributed by atoms with Crippen molar-refractivity contribution in [2.24, 2.45) is 52.8 Å². The van der Waals surface area contributed by atoms with E-state index in [1.165, 1.54) is 18.6 Å². The Bertz CT molecular complexity index is 1580. The molecule has 1 saturated heterocycles. The van der Waals surface area contributed by atoms with E-state index in [0.717, 1.165) is 64.2 Å². The molecule has 7 rings (SSSR count). The Morgan fingerprint density at radius 1 is 0.925 bits per heavy atom. The molecule has 1 aromatic rings. The lowest BCUT2D eigenvalue weighted by atomic mass is 9.40. The molecule has 1 aromatic heterocycles. The third kappa shape index (κ3) is 7.53. The predicted molar refractivity (Wildman–Crippen MR) is 196 cm³/mol. The molecular weight excluding hydrogens is 672 g/mol. The van der Waals surface area contributed by atoms with Gasteiger partial charge in [0.05, 0.1) is 12.2 Å². The van der Waals surface area contributed by atoms with Crippen molar-refractivity contribution >= 4 is 35.2 Å². The average molecular weight is 731 g/mol. The first kappa shape index (κ1) is 37.6. The summed E-state index contributed by atoms with van der Waals surface area (Å²) in [5.74, 6) is -1.21. The molecule has 0 aromatic carbocycles. The van der Waals surface area contributed by atoms with E-state index in [1.807, 2.05) is 27.7 Å². The largest absolute Gasteiger partial charge is 0.347 e. The van der Waals surface area contributed by atoms with Gasteiger partial charge in [-0.1, -0.05) is 66.2 Å². The molecule has 0 spiro atoms. The molecule has 0 bridgehead atoms. The second kappa shape index (κ2) is 15.2. The molecule has 5 saturated carbocycles. The molecule has 1 aliphatic heterocycles. The minimum Gasteiger partial charge on any atom is -0.347 e. The van der Waals surface area contributed by atoms with E-state index in [-0.39, 0.29) is 76.6 Å². The van der Waals surface area contributed by atoms with E-state index < -0.39 is 41.3 Å². The van der Waals surface area contributed by atoms with E-state index in [1.54, 1.807) is 4.90 Å². The monoisotopic (exact) mass is 730 g/mol. The fourth-order valence-electron chi connectivity index (χ4n) is 11.1. The summed E-state index contributed by atoms with van der Waals surface area (Å²) < 4.78 is 0. The second-order valence-corrected chi connectivity index (χ2v) is 18.2. The molecule has 288 valence electrons. The minimum absolute atomic E-state index is 0.0211. The predicted octanol–water partition coefficient (Wildman–Crippen LogP) is 4.03. The zero-order valence-electron chi connectivity index (χ0n) is 31.9. The molecule has 0 radical (unpaired) electrons. The molecule has 4 amide bonds. The van der Waals surface area contributed by atoms with Gasteiger partial charge in [0.2, 0.25) is 17.6 Å². The summed E-state index contributed by atoms with van der Waals surface area (Å²) in [6, 6.07) is -2.21. The number of amides is 4. The Morgan fingerprint density at radius 2 is 1.68 bits per heavy atom. The van der Waals surface area contributed by atoms with Crippen LogP contribution in [-0.2, 0) is 24.0 Å². The van der Waals surface area contributed by atoms with Crippen LogP contribution < -0.4 is 16.0 Å². The Morgan fingerprint density at radius 3 is 2.34 bits per heavy atom. The number of carbonyl (C=O) groups excluding carboxylic acids is 6. The van der Waals surface area contributed by atoms with Crippen LogP contribution in [0.1, 0.15) is 122 Å². The minimum atomic E-state index is -0.913. The maximum Gasteiger partial charge on any atom is 0.287 e. The maximum atomic E-state index is 14.7. The highest BCUT2D eigenvalue weighted by molar-refractivity contribution is 6.37. The van der Waals surface area contributed by atoms with Gasteiger partial charge in [0.15, 0.2) is 5.78 Å². The van der Waals surface area contributed by atoms with Crippen molar-refractivity contribution in [1.29, 1.82) is 0 Å². The van der Waals surface area contributed by atoms with Crippen LogP contribution in [0.25, 0.3) is 0 Å². The molecule has 6 fully saturated rings. The van der Waals surface area contributed by atoms with Crippen molar-refractivity contribution in [3.63, 3.8) is 0 Å². The highest BCUT2D eigenvalue weighted by Gasteiger charge is 2.68. The molecule has 2 heterocycles. The van der Waals surface area contributed by atoms with Crippen molar-refractivity contribution in [1.82, 2.24) is 30.8 Å². The van der Waals surface area contributed by atoms with Crippen molar-refractivity contribution in [2.45, 2.75) is 135 Å². The number of rotatable bonds is 13. The Balaban J connectivity index is 1.08. The average Bonchev–Trinajstić information content (AvgIpc) is 3.88. The molecule has 3 N–H and O–H groups in total. The molecule has 12 heteroatoms. The van der Waals surface area contributed by atoms with Crippen LogP contribution in [0.2, 0.25) is 0 Å². The molecule has 53 heavy (non-hydrogen) atoms. The lowest BCUT2D eigenvalue weighted by Crippen LogP contribution is -2.66. The van der Waals surface area contributed by atoms with Gasteiger partial charge in [-0.05, 0) is 85.4 Å². The van der Waals surface area contributed by atoms with E-state index in [4.69, 9.17) is 0 Å². The van der Waals surface area contributed by atoms with Gasteiger partial charge in [-0.2, -0.15) is 0 Å². The first-order chi connectivity index (χ1) is 25.4. The number of nitrogens with one attached hydrogen (secondary N) is 3. The highest BCUT2D eigenvalue weighted by atomic mass is 16.2. The van der Waals surface area contributed by atoms with Crippen LogP contribution in [-0.4, -0.2) is 80.8 Å². The number of Topliss-reactive ketones (excluding diaryl/α,β-unsaturated/α-hetero) is 2. The number of ketones is 2. The standard InChI is InChI=1S/C41H58N6O6/c1-5-9-26(35(49)39(52)44-24-13-14-24)32-25-15-12-23-21-47(34-30(48)19-27(32)33(25)31(23)34)40(53)36(41(2,3)4)46-37(50)28(18-22-10-7-6-8-11-22)45-38(51)29-20-42-16-17-43-29/h16-17,20,22-28,31-34,36H,5-15,18-19,21H2,1-4H3,(H,44,52)(H,45,51)(H,46,50)/t23-,25?,26+,27?,28-,31+,32?,33?,34+,36+/m0/s1. The molecule has 10 atom stereocenters. The fourth-order valence-corrected chi connectivity index (χ4v) is 11.1. The topological polar surface area (TPSA) is 168 Å². The lowest BCUT2D eigenvalue weighted by Gasteiger charge is -2.63. The second-order valence-electron chi connectivity index (χ2n) is 18.2. The van der Waals surface area contributed by atoms with Gasteiger partial charge in [-0.3, -0.25) is 33.8 Å². The Labute approximate surface area is 313 Å². The van der Waals surface area contributed by atoms with Gasteiger partial charge in [-0.25, -0.2) is 4.98 Å². The first-order valence-electron chi connectivity index (χ1n) is 20.4. The van der Waals surface area contributed by atoms with Crippen LogP contribution in [0, 0.1) is 52.8 Å². The third-order valence-electron chi connectivity index (χ3n) is 13.7. The van der Waals surface area contributed by atoms with E-state index in [9.17, 15) is 28.8 Å². The van der Waals surface area contributed by atoms with Crippen LogP contribution in [0.5, 0.6) is 0 Å². The summed E-state index contributed by atoms with van der Waals surface area (Å²) in [6.45, 7) is 8.27. The van der Waals surface area contributed by atoms with Crippen molar-refractivity contribution in [2.75, 3.05) is 6.54 Å². The summed E-state index contributed by atoms with van der Waals surface area (Å²) >= 11 is 0. The molecule has 4 unspecified atom stereocenters. The van der Waals surface area contributed by atoms with Crippen LogP contribution in [0.4, 0.5) is 0 Å². The number of aromatic nitrogens is 2. The number of nitrogens with zero attached hydrogens (tertiary/aromatic N) is 3. The quantitative estimate of drug-likeness (QED) is 0.256. The smallest absolute Gasteiger partial charge is 0.287 e. The molecular formula is C41H58N6O6. The molecule has 6 aliphatic rings. The lowest BCUT2D eigenvalue weighted by molar-refractivity contribution is -0.176. The first-order valence-corrected chi connectivity index (χ1v) is 20.4. The van der Waals surface area contributed by atoms with E-state index in [0.29, 0.717) is 25.8 Å². The van der Waals surface area contributed by atoms with Gasteiger partial charge in [-0.15, -0.1) is 0 Å². The highest BCUT2D eigenvalue weighted by Crippen LogP contribution is 2.66.